The van der Waals surface area contributed by atoms with E-state index in [9.17, 15) is 4.79 Å². The summed E-state index contributed by atoms with van der Waals surface area (Å²) in [7, 11) is 0. The van der Waals surface area contributed by atoms with Crippen LogP contribution in [0, 0.1) is 6.92 Å². The van der Waals surface area contributed by atoms with Gasteiger partial charge in [0.2, 0.25) is 0 Å². The van der Waals surface area contributed by atoms with Crippen molar-refractivity contribution >= 4 is 23.7 Å². The molecular weight excluding hydrogens is 364 g/mol. The van der Waals surface area contributed by atoms with Crippen LogP contribution in [0.15, 0.2) is 41.5 Å². The Morgan fingerprint density at radius 2 is 2.00 bits per heavy atom. The number of nitrogens with one attached hydrogen (secondary N) is 2. The fourth-order valence-corrected chi connectivity index (χ4v) is 2.75. The number of hydrogen-bond donors (Lipinski definition) is 2. The van der Waals surface area contributed by atoms with E-state index < -0.39 is 5.91 Å². The third-order valence-corrected chi connectivity index (χ3v) is 4.39. The minimum Gasteiger partial charge on any atom is -0.281 e. The summed E-state index contributed by atoms with van der Waals surface area (Å²) >= 11 is 6.43. The molecule has 0 atom stereocenters. The molecule has 0 aliphatic heterocycles. The highest BCUT2D eigenvalue weighted by Crippen LogP contribution is 2.22. The van der Waals surface area contributed by atoms with Gasteiger partial charge in [-0.25, -0.2) is 10.1 Å². The fourth-order valence-electron chi connectivity index (χ4n) is 2.43. The standard InChI is InChI=1S/C19H21ClN6O/c1-12-14(17(20)26(25-12)13-8-6-5-7-9-13)11-21-24-18(27)15-10-16(23-22-15)19(2,3)4/h5-11H,1-4H3,(H,22,23)(H,24,27)/b21-11-. The Labute approximate surface area is 162 Å². The number of nitrogens with zero attached hydrogens (tertiary/aromatic N) is 4. The van der Waals surface area contributed by atoms with Crippen molar-refractivity contribution in [2.24, 2.45) is 5.10 Å². The highest BCUT2D eigenvalue weighted by Gasteiger charge is 2.19. The van der Waals surface area contributed by atoms with Crippen LogP contribution in [0.2, 0.25) is 5.15 Å². The van der Waals surface area contributed by atoms with Gasteiger partial charge in [-0.2, -0.15) is 15.3 Å². The lowest BCUT2D eigenvalue weighted by atomic mass is 9.92. The molecule has 3 rings (SSSR count). The second-order valence-electron chi connectivity index (χ2n) is 7.15. The number of aromatic amines is 1. The lowest BCUT2D eigenvalue weighted by Gasteiger charge is -2.14. The molecule has 27 heavy (non-hydrogen) atoms. The number of aromatic nitrogens is 4. The number of benzene rings is 1. The number of hydrogen-bond acceptors (Lipinski definition) is 4. The average Bonchev–Trinajstić information content (AvgIpc) is 3.23. The van der Waals surface area contributed by atoms with Crippen LogP contribution >= 0.6 is 11.6 Å². The average molecular weight is 385 g/mol. The van der Waals surface area contributed by atoms with E-state index in [1.54, 1.807) is 10.7 Å². The predicted molar refractivity (Wildman–Crippen MR) is 106 cm³/mol. The second-order valence-corrected chi connectivity index (χ2v) is 7.51. The number of para-hydroxylation sites is 1. The van der Waals surface area contributed by atoms with Gasteiger partial charge in [-0.05, 0) is 25.1 Å². The zero-order valence-electron chi connectivity index (χ0n) is 15.6. The van der Waals surface area contributed by atoms with E-state index in [0.29, 0.717) is 16.4 Å². The quantitative estimate of drug-likeness (QED) is 0.532. The Balaban J connectivity index is 1.74. The van der Waals surface area contributed by atoms with Crippen LogP contribution in [0.1, 0.15) is 48.2 Å². The van der Waals surface area contributed by atoms with E-state index in [4.69, 9.17) is 11.6 Å². The first kappa shape index (κ1) is 18.8. The summed E-state index contributed by atoms with van der Waals surface area (Å²) in [6.45, 7) is 7.94. The smallest absolute Gasteiger partial charge is 0.281 e. The molecule has 0 bridgehead atoms. The van der Waals surface area contributed by atoms with E-state index in [2.05, 4.69) is 25.8 Å². The van der Waals surface area contributed by atoms with Crippen LogP contribution in [-0.4, -0.2) is 32.1 Å². The molecule has 140 valence electrons. The van der Waals surface area contributed by atoms with Gasteiger partial charge in [0.05, 0.1) is 23.2 Å². The second kappa shape index (κ2) is 7.36. The maximum absolute atomic E-state index is 12.2. The van der Waals surface area contributed by atoms with Crippen molar-refractivity contribution in [3.63, 3.8) is 0 Å². The third kappa shape index (κ3) is 4.09. The molecular formula is C19H21ClN6O. The van der Waals surface area contributed by atoms with E-state index in [-0.39, 0.29) is 11.1 Å². The van der Waals surface area contributed by atoms with E-state index in [0.717, 1.165) is 11.4 Å². The molecule has 8 heteroatoms. The number of halogens is 1. The van der Waals surface area contributed by atoms with Gasteiger partial charge in [0.25, 0.3) is 5.91 Å². The highest BCUT2D eigenvalue weighted by atomic mass is 35.5. The molecule has 3 aromatic rings. The fraction of sp³-hybridized carbons (Fsp3) is 0.263. The first-order valence-electron chi connectivity index (χ1n) is 8.47. The summed E-state index contributed by atoms with van der Waals surface area (Å²) in [6, 6.07) is 11.3. The zero-order valence-corrected chi connectivity index (χ0v) is 16.4. The molecule has 1 amide bonds. The van der Waals surface area contributed by atoms with Gasteiger partial charge in [0, 0.05) is 11.1 Å². The van der Waals surface area contributed by atoms with Crippen molar-refractivity contribution in [1.82, 2.24) is 25.4 Å². The zero-order chi connectivity index (χ0) is 19.6. The van der Waals surface area contributed by atoms with E-state index in [1.807, 2.05) is 58.0 Å². The molecule has 0 unspecified atom stereocenters. The molecule has 0 radical (unpaired) electrons. The van der Waals surface area contributed by atoms with Gasteiger partial charge in [-0.15, -0.1) is 0 Å². The lowest BCUT2D eigenvalue weighted by molar-refractivity contribution is 0.0950. The summed E-state index contributed by atoms with van der Waals surface area (Å²) in [5, 5.41) is 15.8. The lowest BCUT2D eigenvalue weighted by Crippen LogP contribution is -2.18. The monoisotopic (exact) mass is 384 g/mol. The first-order valence-corrected chi connectivity index (χ1v) is 8.85. The summed E-state index contributed by atoms with van der Waals surface area (Å²) in [5.41, 5.74) is 5.69. The van der Waals surface area contributed by atoms with Gasteiger partial charge in [0.15, 0.2) is 5.69 Å². The van der Waals surface area contributed by atoms with Crippen molar-refractivity contribution in [3.05, 3.63) is 64.2 Å². The summed E-state index contributed by atoms with van der Waals surface area (Å²) in [6.07, 6.45) is 1.49. The molecule has 0 spiro atoms. The van der Waals surface area contributed by atoms with E-state index in [1.165, 1.54) is 6.21 Å². The summed E-state index contributed by atoms with van der Waals surface area (Å²) in [5.74, 6) is -0.401. The molecule has 0 saturated carbocycles. The number of carbonyl (C=O) groups excluding carboxylic acids is 1. The number of H-pyrrole nitrogens is 1. The molecule has 2 N–H and O–H groups in total. The number of carbonyl (C=O) groups is 1. The normalized spacial score (nSPS) is 11.9. The Bertz CT molecular complexity index is 982. The van der Waals surface area contributed by atoms with Crippen LogP contribution in [-0.2, 0) is 5.41 Å². The van der Waals surface area contributed by atoms with Gasteiger partial charge in [-0.3, -0.25) is 9.89 Å². The van der Waals surface area contributed by atoms with Crippen molar-refractivity contribution in [1.29, 1.82) is 0 Å². The first-order chi connectivity index (χ1) is 12.8. The van der Waals surface area contributed by atoms with Crippen LogP contribution in [0.25, 0.3) is 5.69 Å². The molecule has 0 aliphatic carbocycles. The molecule has 2 aromatic heterocycles. The van der Waals surface area contributed by atoms with Gasteiger partial charge < -0.3 is 0 Å². The van der Waals surface area contributed by atoms with Crippen LogP contribution in [0.4, 0.5) is 0 Å². The Morgan fingerprint density at radius 1 is 1.30 bits per heavy atom. The third-order valence-electron chi connectivity index (χ3n) is 4.03. The van der Waals surface area contributed by atoms with Gasteiger partial charge in [0.1, 0.15) is 5.15 Å². The molecule has 7 nitrogen and oxygen atoms in total. The maximum atomic E-state index is 12.2. The Hall–Kier alpha value is -2.93. The molecule has 0 fully saturated rings. The predicted octanol–water partition coefficient (Wildman–Crippen LogP) is 3.62. The molecule has 0 saturated heterocycles. The molecule has 2 heterocycles. The highest BCUT2D eigenvalue weighted by molar-refractivity contribution is 6.32. The van der Waals surface area contributed by atoms with Crippen LogP contribution in [0.3, 0.4) is 0 Å². The minimum atomic E-state index is -0.401. The van der Waals surface area contributed by atoms with Crippen molar-refractivity contribution in [3.8, 4) is 5.69 Å². The Morgan fingerprint density at radius 3 is 2.63 bits per heavy atom. The number of aryl methyl sites for hydroxylation is 1. The summed E-state index contributed by atoms with van der Waals surface area (Å²) < 4.78 is 1.63. The van der Waals surface area contributed by atoms with Gasteiger partial charge in [-0.1, -0.05) is 50.6 Å². The van der Waals surface area contributed by atoms with Gasteiger partial charge >= 0.3 is 0 Å². The molecule has 0 aliphatic rings. The number of amides is 1. The number of hydrazone groups is 1. The SMILES string of the molecule is Cc1nn(-c2ccccc2)c(Cl)c1/C=N\NC(=O)c1cc(C(C)(C)C)[nH]n1. The van der Waals surface area contributed by atoms with Crippen molar-refractivity contribution in [2.45, 2.75) is 33.1 Å². The van der Waals surface area contributed by atoms with Crippen LogP contribution < -0.4 is 5.43 Å². The van der Waals surface area contributed by atoms with Crippen LogP contribution in [0.5, 0.6) is 0 Å². The van der Waals surface area contributed by atoms with Crippen molar-refractivity contribution in [2.75, 3.05) is 0 Å². The summed E-state index contributed by atoms with van der Waals surface area (Å²) in [4.78, 5) is 12.2. The Kier molecular flexibility index (Phi) is 5.14. The number of rotatable bonds is 4. The maximum Gasteiger partial charge on any atom is 0.291 e. The van der Waals surface area contributed by atoms with E-state index >= 15 is 0 Å². The minimum absolute atomic E-state index is 0.120. The largest absolute Gasteiger partial charge is 0.291 e. The molecule has 1 aromatic carbocycles. The van der Waals surface area contributed by atoms with Crippen molar-refractivity contribution < 1.29 is 4.79 Å². The topological polar surface area (TPSA) is 88.0 Å².